The molecule has 2 aromatic rings. The maximum absolute atomic E-state index is 11.5. The van der Waals surface area contributed by atoms with Crippen molar-refractivity contribution in [1.82, 2.24) is 0 Å². The topological polar surface area (TPSA) is 63.3 Å². The number of phenols is 1. The van der Waals surface area contributed by atoms with E-state index in [0.717, 1.165) is 16.3 Å². The van der Waals surface area contributed by atoms with Crippen LogP contribution >= 0.6 is 0 Å². The number of hydrogen-bond donors (Lipinski definition) is 2. The molecular formula is C15H17NO2. The first-order valence-corrected chi connectivity index (χ1v) is 6.10. The van der Waals surface area contributed by atoms with Crippen LogP contribution in [0.1, 0.15) is 18.9 Å². The second-order valence-electron chi connectivity index (χ2n) is 4.50. The minimum absolute atomic E-state index is 0.0841. The van der Waals surface area contributed by atoms with E-state index in [0.29, 0.717) is 12.8 Å². The van der Waals surface area contributed by atoms with Crippen LogP contribution < -0.4 is 5.73 Å². The second-order valence-corrected chi connectivity index (χ2v) is 4.50. The lowest BCUT2D eigenvalue weighted by Crippen LogP contribution is -2.32. The first-order valence-electron chi connectivity index (χ1n) is 6.10. The second kappa shape index (κ2) is 5.19. The molecule has 0 aliphatic heterocycles. The summed E-state index contributed by atoms with van der Waals surface area (Å²) in [7, 11) is 0. The van der Waals surface area contributed by atoms with E-state index in [9.17, 15) is 9.90 Å². The van der Waals surface area contributed by atoms with Gasteiger partial charge in [0.05, 0.1) is 6.04 Å². The molecule has 2 aromatic carbocycles. The third-order valence-corrected chi connectivity index (χ3v) is 3.11. The highest BCUT2D eigenvalue weighted by Gasteiger charge is 2.11. The fraction of sp³-hybridized carbons (Fsp3) is 0.267. The first-order chi connectivity index (χ1) is 8.60. The third kappa shape index (κ3) is 2.68. The van der Waals surface area contributed by atoms with E-state index in [1.807, 2.05) is 31.2 Å². The maximum Gasteiger partial charge on any atom is 0.149 e. The lowest BCUT2D eigenvalue weighted by Gasteiger charge is -2.10. The lowest BCUT2D eigenvalue weighted by molar-refractivity contribution is -0.119. The first kappa shape index (κ1) is 12.6. The molecule has 0 amide bonds. The molecule has 0 aliphatic rings. The van der Waals surface area contributed by atoms with Crippen LogP contribution in [-0.4, -0.2) is 16.9 Å². The van der Waals surface area contributed by atoms with Crippen molar-refractivity contribution in [3.8, 4) is 5.75 Å². The molecule has 0 aromatic heterocycles. The van der Waals surface area contributed by atoms with Gasteiger partial charge in [-0.25, -0.2) is 0 Å². The van der Waals surface area contributed by atoms with E-state index in [-0.39, 0.29) is 11.5 Å². The summed E-state index contributed by atoms with van der Waals surface area (Å²) in [5.41, 5.74) is 6.88. The van der Waals surface area contributed by atoms with Crippen LogP contribution in [0.15, 0.2) is 36.4 Å². The minimum atomic E-state index is -0.426. The number of nitrogens with two attached hydrogens (primary N) is 1. The van der Waals surface area contributed by atoms with Gasteiger partial charge >= 0.3 is 0 Å². The van der Waals surface area contributed by atoms with E-state index >= 15 is 0 Å². The summed E-state index contributed by atoms with van der Waals surface area (Å²) >= 11 is 0. The zero-order valence-corrected chi connectivity index (χ0v) is 10.4. The number of carbonyl (C=O) groups is 1. The number of Topliss-reactive ketones (excluding diaryl/α,β-unsaturated/α-hetero) is 1. The average Bonchev–Trinajstić information content (AvgIpc) is 2.38. The van der Waals surface area contributed by atoms with E-state index in [4.69, 9.17) is 5.73 Å². The fourth-order valence-corrected chi connectivity index (χ4v) is 2.04. The number of aromatic hydroxyl groups is 1. The Morgan fingerprint density at radius 2 is 1.89 bits per heavy atom. The summed E-state index contributed by atoms with van der Waals surface area (Å²) < 4.78 is 0. The van der Waals surface area contributed by atoms with E-state index < -0.39 is 6.04 Å². The van der Waals surface area contributed by atoms with Crippen LogP contribution in [0.5, 0.6) is 5.75 Å². The van der Waals surface area contributed by atoms with Gasteiger partial charge in [0.1, 0.15) is 11.5 Å². The van der Waals surface area contributed by atoms with Crippen molar-refractivity contribution in [3.05, 3.63) is 42.0 Å². The molecule has 0 saturated carbocycles. The Kier molecular flexibility index (Phi) is 3.63. The summed E-state index contributed by atoms with van der Waals surface area (Å²) in [6.07, 6.45) is 1.03. The fourth-order valence-electron chi connectivity index (χ4n) is 2.04. The molecule has 3 N–H and O–H groups in total. The van der Waals surface area contributed by atoms with Gasteiger partial charge in [-0.05, 0) is 34.9 Å². The van der Waals surface area contributed by atoms with Crippen molar-refractivity contribution in [2.45, 2.75) is 25.8 Å². The molecule has 0 saturated heterocycles. The van der Waals surface area contributed by atoms with Crippen molar-refractivity contribution < 1.29 is 9.90 Å². The van der Waals surface area contributed by atoms with E-state index in [1.165, 1.54) is 0 Å². The molecule has 94 valence electrons. The number of fused-ring (bicyclic) bond motifs is 1. The van der Waals surface area contributed by atoms with Crippen LogP contribution in [0.2, 0.25) is 0 Å². The van der Waals surface area contributed by atoms with Gasteiger partial charge in [-0.2, -0.15) is 0 Å². The van der Waals surface area contributed by atoms with Gasteiger partial charge in [0.2, 0.25) is 0 Å². The molecule has 2 rings (SSSR count). The largest absolute Gasteiger partial charge is 0.508 e. The minimum Gasteiger partial charge on any atom is -0.508 e. The van der Waals surface area contributed by atoms with Gasteiger partial charge in [0.15, 0.2) is 0 Å². The smallest absolute Gasteiger partial charge is 0.149 e. The quantitative estimate of drug-likeness (QED) is 0.866. The zero-order chi connectivity index (χ0) is 13.1. The molecular weight excluding hydrogens is 226 g/mol. The Labute approximate surface area is 106 Å². The van der Waals surface area contributed by atoms with Crippen molar-refractivity contribution in [2.75, 3.05) is 0 Å². The Balaban J connectivity index is 2.25. The molecule has 1 atom stereocenters. The average molecular weight is 243 g/mol. The molecule has 3 nitrogen and oxygen atoms in total. The van der Waals surface area contributed by atoms with Crippen molar-refractivity contribution in [3.63, 3.8) is 0 Å². The Morgan fingerprint density at radius 3 is 2.61 bits per heavy atom. The highest BCUT2D eigenvalue weighted by Crippen LogP contribution is 2.21. The number of rotatable bonds is 4. The Bertz CT molecular complexity index is 578. The monoisotopic (exact) mass is 243 g/mol. The predicted octanol–water partition coefficient (Wildman–Crippen LogP) is 2.39. The van der Waals surface area contributed by atoms with Gasteiger partial charge in [-0.15, -0.1) is 0 Å². The van der Waals surface area contributed by atoms with E-state index in [1.54, 1.807) is 12.1 Å². The standard InChI is InChI=1S/C15H17NO2/c1-2-15(18)14(16)8-10-3-4-12-9-13(17)6-5-11(12)7-10/h3-7,9,14,17H,2,8,16H2,1H3. The van der Waals surface area contributed by atoms with Gasteiger partial charge in [-0.3, -0.25) is 4.79 Å². The number of ketones is 1. The van der Waals surface area contributed by atoms with Crippen LogP contribution in [0.25, 0.3) is 10.8 Å². The molecule has 0 aliphatic carbocycles. The lowest BCUT2D eigenvalue weighted by atomic mass is 9.99. The highest BCUT2D eigenvalue weighted by molar-refractivity contribution is 5.86. The van der Waals surface area contributed by atoms with Gasteiger partial charge in [0, 0.05) is 6.42 Å². The molecule has 0 heterocycles. The molecule has 1 unspecified atom stereocenters. The molecule has 0 bridgehead atoms. The molecule has 3 heteroatoms. The predicted molar refractivity (Wildman–Crippen MR) is 72.6 cm³/mol. The highest BCUT2D eigenvalue weighted by atomic mass is 16.3. The molecule has 0 radical (unpaired) electrons. The van der Waals surface area contributed by atoms with Gasteiger partial charge in [-0.1, -0.05) is 31.2 Å². The summed E-state index contributed by atoms with van der Waals surface area (Å²) in [5, 5.41) is 11.4. The van der Waals surface area contributed by atoms with Crippen molar-refractivity contribution >= 4 is 16.6 Å². The number of benzene rings is 2. The van der Waals surface area contributed by atoms with Crippen molar-refractivity contribution in [1.29, 1.82) is 0 Å². The van der Waals surface area contributed by atoms with E-state index in [2.05, 4.69) is 0 Å². The number of hydrogen-bond acceptors (Lipinski definition) is 3. The van der Waals surface area contributed by atoms with Gasteiger partial charge < -0.3 is 10.8 Å². The molecule has 0 spiro atoms. The zero-order valence-electron chi connectivity index (χ0n) is 10.4. The Morgan fingerprint density at radius 1 is 1.22 bits per heavy atom. The SMILES string of the molecule is CCC(=O)C(N)Cc1ccc2cc(O)ccc2c1. The maximum atomic E-state index is 11.5. The summed E-state index contributed by atoms with van der Waals surface area (Å²) in [5.74, 6) is 0.342. The van der Waals surface area contributed by atoms with Crippen LogP contribution in [0.3, 0.4) is 0 Å². The van der Waals surface area contributed by atoms with Crippen molar-refractivity contribution in [2.24, 2.45) is 5.73 Å². The van der Waals surface area contributed by atoms with Crippen LogP contribution in [0, 0.1) is 0 Å². The molecule has 0 fully saturated rings. The number of carbonyl (C=O) groups excluding carboxylic acids is 1. The molecule has 18 heavy (non-hydrogen) atoms. The third-order valence-electron chi connectivity index (χ3n) is 3.11. The normalized spacial score (nSPS) is 12.6. The summed E-state index contributed by atoms with van der Waals surface area (Å²) in [4.78, 5) is 11.5. The Hall–Kier alpha value is -1.87. The van der Waals surface area contributed by atoms with Gasteiger partial charge in [0.25, 0.3) is 0 Å². The van der Waals surface area contributed by atoms with Crippen LogP contribution in [-0.2, 0) is 11.2 Å². The summed E-state index contributed by atoms with van der Waals surface area (Å²) in [6, 6.07) is 10.7. The van der Waals surface area contributed by atoms with Crippen LogP contribution in [0.4, 0.5) is 0 Å². The number of phenolic OH excluding ortho intramolecular Hbond substituents is 1. The summed E-state index contributed by atoms with van der Waals surface area (Å²) in [6.45, 7) is 1.82.